The molecule has 0 unspecified atom stereocenters. The molecule has 2 heterocycles. The number of unbranched alkanes of at least 4 members (excludes halogenated alkanes) is 1. The van der Waals surface area contributed by atoms with Gasteiger partial charge in [0.05, 0.1) is 0 Å². The molecule has 0 spiro atoms. The highest BCUT2D eigenvalue weighted by molar-refractivity contribution is 6.30. The van der Waals surface area contributed by atoms with Crippen molar-refractivity contribution < 1.29 is 9.32 Å². The lowest BCUT2D eigenvalue weighted by Crippen LogP contribution is -2.46. The lowest BCUT2D eigenvalue weighted by molar-refractivity contribution is 0.0943. The number of nitrogens with zero attached hydrogens (tertiary/aromatic N) is 3. The molecule has 1 saturated heterocycles. The van der Waals surface area contributed by atoms with E-state index in [1.807, 2.05) is 12.1 Å². The van der Waals surface area contributed by atoms with Gasteiger partial charge in [0.2, 0.25) is 0 Å². The van der Waals surface area contributed by atoms with E-state index in [0.717, 1.165) is 51.1 Å². The van der Waals surface area contributed by atoms with Crippen LogP contribution in [0.15, 0.2) is 65.2 Å². The molecule has 4 rings (SSSR count). The molecule has 0 atom stereocenters. The van der Waals surface area contributed by atoms with Gasteiger partial charge in [0.15, 0.2) is 11.5 Å². The fraction of sp³-hybridized carbons (Fsp3) is 0.333. The summed E-state index contributed by atoms with van der Waals surface area (Å²) < 4.78 is 5.29. The molecule has 1 fully saturated rings. The van der Waals surface area contributed by atoms with Crippen LogP contribution in [0.4, 0.5) is 5.69 Å². The molecular weight excluding hydrogens is 412 g/mol. The predicted octanol–water partition coefficient (Wildman–Crippen LogP) is 4.33. The lowest BCUT2D eigenvalue weighted by atomic mass is 10.1. The van der Waals surface area contributed by atoms with Crippen LogP contribution >= 0.6 is 11.6 Å². The minimum Gasteiger partial charge on any atom is -0.369 e. The summed E-state index contributed by atoms with van der Waals surface area (Å²) in [5, 5.41) is 7.42. The number of rotatable bonds is 8. The van der Waals surface area contributed by atoms with Crippen LogP contribution in [-0.4, -0.2) is 55.2 Å². The highest BCUT2D eigenvalue weighted by atomic mass is 35.5. The highest BCUT2D eigenvalue weighted by Crippen LogP contribution is 2.23. The van der Waals surface area contributed by atoms with Crippen molar-refractivity contribution in [3.8, 4) is 11.3 Å². The van der Waals surface area contributed by atoms with Gasteiger partial charge in [-0.2, -0.15) is 0 Å². The number of nitrogens with one attached hydrogen (secondary N) is 1. The largest absolute Gasteiger partial charge is 0.369 e. The summed E-state index contributed by atoms with van der Waals surface area (Å²) >= 11 is 6.01. The van der Waals surface area contributed by atoms with Gasteiger partial charge in [0.1, 0.15) is 0 Å². The van der Waals surface area contributed by atoms with Gasteiger partial charge in [0, 0.05) is 55.1 Å². The Labute approximate surface area is 187 Å². The molecule has 1 amide bonds. The quantitative estimate of drug-likeness (QED) is 0.530. The molecule has 3 aromatic rings. The van der Waals surface area contributed by atoms with Crippen LogP contribution in [0.25, 0.3) is 11.3 Å². The molecule has 1 N–H and O–H groups in total. The normalized spacial score (nSPS) is 14.5. The lowest BCUT2D eigenvalue weighted by Gasteiger charge is -2.36. The highest BCUT2D eigenvalue weighted by Gasteiger charge is 2.17. The second-order valence-electron chi connectivity index (χ2n) is 7.71. The van der Waals surface area contributed by atoms with Crippen LogP contribution in [0, 0.1) is 0 Å². The smallest absolute Gasteiger partial charge is 0.273 e. The average molecular weight is 439 g/mol. The maximum absolute atomic E-state index is 12.3. The Balaban J connectivity index is 1.14. The van der Waals surface area contributed by atoms with Crippen LogP contribution in [0.5, 0.6) is 0 Å². The number of halogens is 1. The van der Waals surface area contributed by atoms with Crippen molar-refractivity contribution in [1.29, 1.82) is 0 Å². The first-order chi connectivity index (χ1) is 15.2. The van der Waals surface area contributed by atoms with E-state index >= 15 is 0 Å². The fourth-order valence-corrected chi connectivity index (χ4v) is 3.97. The molecule has 6 nitrogen and oxygen atoms in total. The van der Waals surface area contributed by atoms with E-state index in [1.165, 1.54) is 5.69 Å². The van der Waals surface area contributed by atoms with Crippen molar-refractivity contribution in [1.82, 2.24) is 15.4 Å². The number of anilines is 1. The average Bonchev–Trinajstić information content (AvgIpc) is 3.30. The Morgan fingerprint density at radius 3 is 2.58 bits per heavy atom. The zero-order chi connectivity index (χ0) is 21.5. The molecule has 2 aromatic carbocycles. The summed E-state index contributed by atoms with van der Waals surface area (Å²) in [6.07, 6.45) is 1.99. The van der Waals surface area contributed by atoms with E-state index in [9.17, 15) is 4.79 Å². The maximum Gasteiger partial charge on any atom is 0.273 e. The second-order valence-corrected chi connectivity index (χ2v) is 8.15. The van der Waals surface area contributed by atoms with Gasteiger partial charge in [-0.15, -0.1) is 0 Å². The third kappa shape index (κ3) is 5.87. The molecule has 0 bridgehead atoms. The van der Waals surface area contributed by atoms with Gasteiger partial charge < -0.3 is 14.7 Å². The van der Waals surface area contributed by atoms with Gasteiger partial charge in [0.25, 0.3) is 5.91 Å². The first-order valence-electron chi connectivity index (χ1n) is 10.7. The molecule has 1 aliphatic heterocycles. The zero-order valence-electron chi connectivity index (χ0n) is 17.5. The Hall–Kier alpha value is -2.83. The van der Waals surface area contributed by atoms with Crippen LogP contribution in [0.2, 0.25) is 5.02 Å². The first kappa shape index (κ1) is 21.4. The number of carbonyl (C=O) groups excluding carboxylic acids is 1. The minimum absolute atomic E-state index is 0.214. The summed E-state index contributed by atoms with van der Waals surface area (Å²) in [7, 11) is 0. The molecule has 162 valence electrons. The van der Waals surface area contributed by atoms with Crippen molar-refractivity contribution in [2.75, 3.05) is 44.2 Å². The monoisotopic (exact) mass is 438 g/mol. The van der Waals surface area contributed by atoms with Crippen LogP contribution in [-0.2, 0) is 0 Å². The fourth-order valence-electron chi connectivity index (χ4n) is 3.78. The molecule has 31 heavy (non-hydrogen) atoms. The van der Waals surface area contributed by atoms with Crippen LogP contribution < -0.4 is 10.2 Å². The van der Waals surface area contributed by atoms with Gasteiger partial charge in [-0.05, 0) is 43.7 Å². The Morgan fingerprint density at radius 2 is 1.81 bits per heavy atom. The third-order valence-electron chi connectivity index (χ3n) is 5.53. The van der Waals surface area contributed by atoms with E-state index in [1.54, 1.807) is 18.2 Å². The summed E-state index contributed by atoms with van der Waals surface area (Å²) in [5.74, 6) is 0.316. The summed E-state index contributed by atoms with van der Waals surface area (Å²) in [6, 6.07) is 19.5. The number of hydrogen-bond acceptors (Lipinski definition) is 5. The number of carbonyl (C=O) groups is 1. The van der Waals surface area contributed by atoms with E-state index in [0.29, 0.717) is 17.3 Å². The number of benzene rings is 2. The number of piperazine rings is 1. The summed E-state index contributed by atoms with van der Waals surface area (Å²) in [4.78, 5) is 17.2. The van der Waals surface area contributed by atoms with Crippen molar-refractivity contribution >= 4 is 23.2 Å². The van der Waals surface area contributed by atoms with Gasteiger partial charge >= 0.3 is 0 Å². The van der Waals surface area contributed by atoms with Gasteiger partial charge in [-0.25, -0.2) is 0 Å². The van der Waals surface area contributed by atoms with Gasteiger partial charge in [-0.3, -0.25) is 9.69 Å². The zero-order valence-corrected chi connectivity index (χ0v) is 18.2. The predicted molar refractivity (Wildman–Crippen MR) is 124 cm³/mol. The van der Waals surface area contributed by atoms with Crippen molar-refractivity contribution in [3.05, 3.63) is 71.4 Å². The second kappa shape index (κ2) is 10.5. The molecule has 0 radical (unpaired) electrons. The topological polar surface area (TPSA) is 61.6 Å². The van der Waals surface area contributed by atoms with Crippen molar-refractivity contribution in [3.63, 3.8) is 0 Å². The maximum atomic E-state index is 12.3. The van der Waals surface area contributed by atoms with E-state index < -0.39 is 0 Å². The number of hydrogen-bond donors (Lipinski definition) is 1. The van der Waals surface area contributed by atoms with E-state index in [-0.39, 0.29) is 11.6 Å². The van der Waals surface area contributed by atoms with E-state index in [4.69, 9.17) is 16.1 Å². The Bertz CT molecular complexity index is 984. The van der Waals surface area contributed by atoms with Crippen LogP contribution in [0.1, 0.15) is 23.3 Å². The molecule has 0 aliphatic carbocycles. The molecule has 0 saturated carbocycles. The van der Waals surface area contributed by atoms with Crippen LogP contribution in [0.3, 0.4) is 0 Å². The Morgan fingerprint density at radius 1 is 1.00 bits per heavy atom. The van der Waals surface area contributed by atoms with E-state index in [2.05, 4.69) is 50.6 Å². The van der Waals surface area contributed by atoms with Crippen molar-refractivity contribution in [2.45, 2.75) is 12.8 Å². The molecular formula is C24H27ClN4O2. The molecule has 1 aromatic heterocycles. The number of para-hydroxylation sites is 1. The summed E-state index contributed by atoms with van der Waals surface area (Å²) in [6.45, 7) is 5.95. The number of amides is 1. The SMILES string of the molecule is O=C(NCCCCN1CCN(c2ccccc2)CC1)c1cc(-c2cccc(Cl)c2)on1. The number of aromatic nitrogens is 1. The molecule has 7 heteroatoms. The van der Waals surface area contributed by atoms with Crippen molar-refractivity contribution in [2.24, 2.45) is 0 Å². The standard InChI is InChI=1S/C24H27ClN4O2/c25-20-8-6-7-19(17-20)23-18-22(27-31-23)24(30)26-11-4-5-12-28-13-15-29(16-14-28)21-9-2-1-3-10-21/h1-3,6-10,17-18H,4-5,11-16H2,(H,26,30). The van der Waals surface area contributed by atoms with Gasteiger partial charge in [-0.1, -0.05) is 47.1 Å². The minimum atomic E-state index is -0.214. The Kier molecular flexibility index (Phi) is 7.22. The summed E-state index contributed by atoms with van der Waals surface area (Å²) in [5.41, 5.74) is 2.38. The molecule has 1 aliphatic rings. The third-order valence-corrected chi connectivity index (χ3v) is 5.77. The first-order valence-corrected chi connectivity index (χ1v) is 11.1.